The molecule has 18 heteroatoms. The minimum atomic E-state index is -0.523. The summed E-state index contributed by atoms with van der Waals surface area (Å²) in [5.74, 6) is 0. The van der Waals surface area contributed by atoms with Crippen LogP contribution >= 0.6 is 0 Å². The number of nitrogens with one attached hydrogen (secondary N) is 4. The third-order valence-corrected chi connectivity index (χ3v) is 19.7. The Kier molecular flexibility index (Phi) is 35.9. The molecule has 0 unspecified atom stereocenters. The van der Waals surface area contributed by atoms with Gasteiger partial charge in [-0.3, -0.25) is 20.0 Å². The second kappa shape index (κ2) is 42.4. The van der Waals surface area contributed by atoms with E-state index in [-0.39, 0.29) is 59.0 Å². The van der Waals surface area contributed by atoms with Crippen LogP contribution in [0.2, 0.25) is 0 Å². The van der Waals surface area contributed by atoms with Crippen molar-refractivity contribution in [2.75, 3.05) is 13.2 Å². The van der Waals surface area contributed by atoms with Crippen LogP contribution in [0.1, 0.15) is 296 Å². The van der Waals surface area contributed by atoms with Crippen LogP contribution in [0.15, 0.2) is 92.8 Å². The molecule has 0 spiro atoms. The Morgan fingerprint density at radius 3 is 0.904 bits per heavy atom. The minimum Gasteiger partial charge on any atom is -1.00 e. The molecule has 6 aromatic heterocycles. The van der Waals surface area contributed by atoms with Crippen LogP contribution < -0.4 is 54.7 Å². The number of aliphatic imine (C=N–C) groups is 4. The maximum atomic E-state index is 7.32. The molecule has 0 amide bonds. The van der Waals surface area contributed by atoms with E-state index in [1.807, 2.05) is 38.7 Å². The maximum Gasteiger partial charge on any atom is 2.00 e. The van der Waals surface area contributed by atoms with E-state index in [0.29, 0.717) is 36.3 Å². The van der Waals surface area contributed by atoms with Gasteiger partial charge in [0, 0.05) is 117 Å². The van der Waals surface area contributed by atoms with Crippen molar-refractivity contribution < 1.29 is 73.7 Å². The Bertz CT molecular complexity index is 2710. The summed E-state index contributed by atoms with van der Waals surface area (Å²) in [6, 6.07) is 30.4. The number of halogens is 2. The molecule has 6 aromatic rings. The van der Waals surface area contributed by atoms with Gasteiger partial charge in [0.2, 0.25) is 0 Å². The molecule has 0 bridgehead atoms. The molecule has 6 saturated carbocycles. The first kappa shape index (κ1) is 79.5. The summed E-state index contributed by atoms with van der Waals surface area (Å²) >= 11 is 0. The van der Waals surface area contributed by atoms with E-state index in [4.69, 9.17) is 49.9 Å². The number of rotatable bonds is 20. The molecule has 6 fully saturated rings. The average molecular weight is 1420 g/mol. The van der Waals surface area contributed by atoms with Crippen LogP contribution in [-0.2, 0) is 49.7 Å². The van der Waals surface area contributed by atoms with E-state index < -0.39 is 10.8 Å². The summed E-state index contributed by atoms with van der Waals surface area (Å²) in [6.45, 7) is 11.6. The van der Waals surface area contributed by atoms with Crippen LogP contribution in [0, 0.1) is 11.3 Å². The molecule has 6 aliphatic carbocycles. The van der Waals surface area contributed by atoms with Gasteiger partial charge in [-0.15, -0.1) is 45.6 Å². The summed E-state index contributed by atoms with van der Waals surface area (Å²) < 4.78 is 4.83. The Balaban J connectivity index is 0.000000294. The zero-order valence-electron chi connectivity index (χ0n) is 56.8. The topological polar surface area (TPSA) is 198 Å². The van der Waals surface area contributed by atoms with Crippen LogP contribution in [0.5, 0.6) is 0 Å². The summed E-state index contributed by atoms with van der Waals surface area (Å²) in [5.41, 5.74) is 11.0. The van der Waals surface area contributed by atoms with Crippen LogP contribution in [0.25, 0.3) is 0 Å². The fourth-order valence-corrected chi connectivity index (χ4v) is 14.1. The van der Waals surface area contributed by atoms with Crippen molar-refractivity contribution in [3.63, 3.8) is 0 Å². The van der Waals surface area contributed by atoms with Crippen molar-refractivity contribution in [1.82, 2.24) is 29.9 Å². The fourth-order valence-electron chi connectivity index (χ4n) is 14.1. The molecule has 94 heavy (non-hydrogen) atoms. The van der Waals surface area contributed by atoms with Gasteiger partial charge >= 0.3 is 34.1 Å². The van der Waals surface area contributed by atoms with Crippen LogP contribution in [-0.4, -0.2) is 96.7 Å². The SMILES string of the molecule is CC#N.CC(c1ccc(C=NC2CCCCC2)[n-]1)(c1ccc(C=NC2CCCCC2)[n-]1)c1ccc(C=[NH+]C2CCCCC2)[nH]1.CC(c1ccc(C=NC2CCCCC2)[n-]1)(c1ccc(C=NC2CCCCC2)[n-]1)c1ccc(C=[NH+]C2CCCCC2)[nH]1.CCOCC.[Cl-].[Cl-].[Cu+2].[Cu+2]. The molecule has 0 aliphatic heterocycles. The normalized spacial score (nSPS) is 19.6. The molecule has 518 valence electrons. The van der Waals surface area contributed by atoms with Crippen molar-refractivity contribution in [3.8, 4) is 6.07 Å². The Morgan fingerprint density at radius 1 is 0.426 bits per heavy atom. The third kappa shape index (κ3) is 23.5. The smallest absolute Gasteiger partial charge is 1.00 e. The molecular formula is C76H107Cl2Cu2N13O. The summed E-state index contributed by atoms with van der Waals surface area (Å²) in [4.78, 5) is 54.8. The van der Waals surface area contributed by atoms with Gasteiger partial charge in [-0.05, 0) is 129 Å². The summed E-state index contributed by atoms with van der Waals surface area (Å²) in [7, 11) is 0. The van der Waals surface area contributed by atoms with E-state index >= 15 is 0 Å². The first-order valence-corrected chi connectivity index (χ1v) is 35.3. The Labute approximate surface area is 596 Å². The maximum absolute atomic E-state index is 7.32. The van der Waals surface area contributed by atoms with Gasteiger partial charge in [-0.2, -0.15) is 5.26 Å². The Morgan fingerprint density at radius 2 is 0.670 bits per heavy atom. The number of hydrogen-bond donors (Lipinski definition) is 4. The van der Waals surface area contributed by atoms with Crippen LogP contribution in [0.3, 0.4) is 0 Å². The number of nitriles is 1. The van der Waals surface area contributed by atoms with Gasteiger partial charge in [0.1, 0.15) is 11.4 Å². The van der Waals surface area contributed by atoms with E-state index in [2.05, 4.69) is 119 Å². The van der Waals surface area contributed by atoms with Gasteiger partial charge in [0.15, 0.2) is 24.5 Å². The molecule has 4 N–H and O–H groups in total. The predicted molar refractivity (Wildman–Crippen MR) is 369 cm³/mol. The number of aromatic amines is 2. The molecule has 6 aliphatic rings. The van der Waals surface area contributed by atoms with Gasteiger partial charge < -0.3 is 59.5 Å². The molecule has 14 nitrogen and oxygen atoms in total. The third-order valence-electron chi connectivity index (χ3n) is 19.7. The van der Waals surface area contributed by atoms with Gasteiger partial charge in [0.05, 0.1) is 6.07 Å². The molecular weight excluding hydrogens is 1310 g/mol. The molecule has 0 aromatic carbocycles. The number of nitrogens with zero attached hydrogens (tertiary/aromatic N) is 9. The fraction of sp³-hybridized carbons (Fsp3) is 0.592. The zero-order chi connectivity index (χ0) is 62.6. The molecule has 6 heterocycles. The summed E-state index contributed by atoms with van der Waals surface area (Å²) in [5, 5.41) is 7.32. The van der Waals surface area contributed by atoms with Crippen molar-refractivity contribution in [2.24, 2.45) is 20.0 Å². The van der Waals surface area contributed by atoms with Crippen molar-refractivity contribution in [3.05, 3.63) is 141 Å². The molecule has 0 atom stereocenters. The molecule has 12 rings (SSSR count). The first-order chi connectivity index (χ1) is 44.2. The second-order valence-corrected chi connectivity index (χ2v) is 26.5. The van der Waals surface area contributed by atoms with Crippen molar-refractivity contribution >= 4 is 37.3 Å². The zero-order valence-corrected chi connectivity index (χ0v) is 60.2. The van der Waals surface area contributed by atoms with Gasteiger partial charge in [0.25, 0.3) is 0 Å². The first-order valence-electron chi connectivity index (χ1n) is 35.3. The van der Waals surface area contributed by atoms with Crippen LogP contribution in [0.4, 0.5) is 0 Å². The number of aromatic nitrogens is 6. The van der Waals surface area contributed by atoms with Gasteiger partial charge in [-0.1, -0.05) is 138 Å². The number of H-pyrrole nitrogens is 2. The quantitative estimate of drug-likeness (QED) is 0.0478. The Hall–Kier alpha value is -5.23. The van der Waals surface area contributed by atoms with Gasteiger partial charge in [-0.25, -0.2) is 9.98 Å². The average Bonchev–Trinajstić information content (AvgIpc) is 1.60. The van der Waals surface area contributed by atoms with E-state index in [0.717, 1.165) is 81.5 Å². The minimum absolute atomic E-state index is 0. The van der Waals surface area contributed by atoms with Crippen molar-refractivity contribution in [1.29, 1.82) is 5.26 Å². The second-order valence-electron chi connectivity index (χ2n) is 26.5. The molecule has 2 radical (unpaired) electrons. The number of hydrogen-bond acceptors (Lipinski definition) is 6. The standard InChI is InChI=1S/2C35H46N6.C4H10O.C2H3N.2ClH.2Cu/c2*1-35(32-20-17-29(39-32)23-36-26-11-5-2-6-12-26,33-21-18-30(40-33)24-37-27-13-7-3-8-14-27)34-22-19-31(41-34)25-38-28-15-9-4-10-16-28;1-3-5-4-2;1-2-3;;;;/h2*17-28,39H,2-16H2,1H3;3-4H2,1-2H3;1H3;2*1H;;/q2*-2;;;;;2*+2. The van der Waals surface area contributed by atoms with E-state index in [1.165, 1.54) is 200 Å². The predicted octanol–water partition coefficient (Wildman–Crippen LogP) is 6.81. The van der Waals surface area contributed by atoms with Crippen molar-refractivity contribution in [2.45, 2.75) is 274 Å². The number of ether oxygens (including phenoxy) is 1. The largest absolute Gasteiger partial charge is 2.00 e. The van der Waals surface area contributed by atoms with E-state index in [1.54, 1.807) is 6.07 Å². The monoisotopic (exact) mass is 1410 g/mol. The summed E-state index contributed by atoms with van der Waals surface area (Å²) in [6.07, 6.45) is 50.6. The molecule has 0 saturated heterocycles. The van der Waals surface area contributed by atoms with E-state index in [9.17, 15) is 0 Å².